The first-order valence-electron chi connectivity index (χ1n) is 8.26. The molecule has 0 radical (unpaired) electrons. The number of ether oxygens (including phenoxy) is 1. The van der Waals surface area contributed by atoms with Crippen LogP contribution in [0.2, 0.25) is 0 Å². The summed E-state index contributed by atoms with van der Waals surface area (Å²) in [6.45, 7) is 2.17. The summed E-state index contributed by atoms with van der Waals surface area (Å²) in [6, 6.07) is 3.73. The van der Waals surface area contributed by atoms with Crippen LogP contribution in [0.1, 0.15) is 15.9 Å². The molecule has 2 aromatic rings. The third kappa shape index (κ3) is 5.70. The average Bonchev–Trinajstić information content (AvgIpc) is 2.67. The van der Waals surface area contributed by atoms with Crippen LogP contribution >= 0.6 is 0 Å². The van der Waals surface area contributed by atoms with Crippen molar-refractivity contribution in [2.45, 2.75) is 11.1 Å². The van der Waals surface area contributed by atoms with Crippen molar-refractivity contribution in [2.24, 2.45) is 0 Å². The number of anilines is 1. The van der Waals surface area contributed by atoms with Crippen molar-refractivity contribution in [1.82, 2.24) is 4.98 Å². The third-order valence-electron chi connectivity index (χ3n) is 4.08. The minimum absolute atomic E-state index is 0. The van der Waals surface area contributed by atoms with Gasteiger partial charge in [-0.25, -0.2) is 17.8 Å². The Labute approximate surface area is 191 Å². The summed E-state index contributed by atoms with van der Waals surface area (Å²) in [7, 11) is -4.53. The number of pyridine rings is 1. The molecule has 1 fully saturated rings. The molecule has 0 aliphatic carbocycles. The Balaban J connectivity index is 0.00000320. The Bertz CT molecular complexity index is 1010. The standard InChI is InChI=1S/C17H15F4N3O4S.Na/c18-14-9-11(17(19,20)21)1-3-13(14)16(25)23-29(26,27)12-2-4-15(22-10-12)24-5-7-28-8-6-24;/h1-4,9-10H,5-8H2,(H,23,25);/q;+1/p-1. The fourth-order valence-electron chi connectivity index (χ4n) is 2.58. The van der Waals surface area contributed by atoms with Crippen molar-refractivity contribution in [1.29, 1.82) is 0 Å². The molecule has 1 amide bonds. The van der Waals surface area contributed by atoms with Crippen LogP contribution in [0.3, 0.4) is 0 Å². The van der Waals surface area contributed by atoms with Crippen molar-refractivity contribution < 1.29 is 65.1 Å². The van der Waals surface area contributed by atoms with Gasteiger partial charge in [-0.15, -0.1) is 0 Å². The molecule has 0 bridgehead atoms. The maximum Gasteiger partial charge on any atom is 1.00 e. The molecule has 156 valence electrons. The Morgan fingerprint density at radius 1 is 1.13 bits per heavy atom. The summed E-state index contributed by atoms with van der Waals surface area (Å²) in [4.78, 5) is 17.5. The van der Waals surface area contributed by atoms with Crippen molar-refractivity contribution in [3.63, 3.8) is 0 Å². The van der Waals surface area contributed by atoms with Gasteiger partial charge in [-0.1, -0.05) is 0 Å². The van der Waals surface area contributed by atoms with E-state index in [-0.39, 0.29) is 35.6 Å². The number of hydrogen-bond acceptors (Lipinski definition) is 6. The van der Waals surface area contributed by atoms with Gasteiger partial charge < -0.3 is 19.2 Å². The van der Waals surface area contributed by atoms with Crippen molar-refractivity contribution >= 4 is 21.7 Å². The summed E-state index contributed by atoms with van der Waals surface area (Å²) >= 11 is 0. The maximum atomic E-state index is 13.9. The molecule has 1 aromatic heterocycles. The maximum absolute atomic E-state index is 13.9. The van der Waals surface area contributed by atoms with Gasteiger partial charge >= 0.3 is 35.7 Å². The van der Waals surface area contributed by atoms with E-state index in [1.165, 1.54) is 12.1 Å². The first kappa shape index (κ1) is 24.5. The summed E-state index contributed by atoms with van der Waals surface area (Å²) in [6.07, 6.45) is -3.81. The Morgan fingerprint density at radius 3 is 2.33 bits per heavy atom. The summed E-state index contributed by atoms with van der Waals surface area (Å²) in [5.74, 6) is -2.54. The van der Waals surface area contributed by atoms with Gasteiger partial charge in [-0.05, 0) is 30.3 Å². The molecule has 1 aliphatic heterocycles. The monoisotopic (exact) mass is 455 g/mol. The summed E-state index contributed by atoms with van der Waals surface area (Å²) in [5.41, 5.74) is -2.20. The molecule has 2 heterocycles. The predicted octanol–water partition coefficient (Wildman–Crippen LogP) is -0.0171. The average molecular weight is 455 g/mol. The Kier molecular flexibility index (Phi) is 7.85. The van der Waals surface area contributed by atoms with Crippen LogP contribution < -0.4 is 34.5 Å². The summed E-state index contributed by atoms with van der Waals surface area (Å²) < 4.78 is 84.3. The van der Waals surface area contributed by atoms with Crippen LogP contribution in [0, 0.1) is 5.82 Å². The normalized spacial score (nSPS) is 14.7. The van der Waals surface area contributed by atoms with E-state index in [0.717, 1.165) is 6.20 Å². The van der Waals surface area contributed by atoms with Gasteiger partial charge in [0.05, 0.1) is 29.6 Å². The molecule has 0 N–H and O–H groups in total. The topological polar surface area (TPSA) is 90.7 Å². The van der Waals surface area contributed by atoms with E-state index in [0.29, 0.717) is 44.3 Å². The van der Waals surface area contributed by atoms with Crippen molar-refractivity contribution in [3.8, 4) is 0 Å². The van der Waals surface area contributed by atoms with Gasteiger partial charge in [-0.2, -0.15) is 13.2 Å². The number of rotatable bonds is 4. The van der Waals surface area contributed by atoms with E-state index in [2.05, 4.69) is 9.71 Å². The molecule has 0 unspecified atom stereocenters. The number of halogens is 4. The number of aromatic nitrogens is 1. The number of hydrogen-bond donors (Lipinski definition) is 0. The van der Waals surface area contributed by atoms with Crippen molar-refractivity contribution in [3.05, 3.63) is 58.2 Å². The van der Waals surface area contributed by atoms with Crippen molar-refractivity contribution in [2.75, 3.05) is 31.2 Å². The number of amides is 1. The van der Waals surface area contributed by atoms with Crippen LogP contribution in [-0.2, 0) is 20.9 Å². The van der Waals surface area contributed by atoms with E-state index in [1.54, 1.807) is 0 Å². The fraction of sp³-hybridized carbons (Fsp3) is 0.294. The van der Waals surface area contributed by atoms with Crippen LogP contribution in [0.25, 0.3) is 4.72 Å². The SMILES string of the molecule is O=C([N-]S(=O)(=O)c1ccc(N2CCOCC2)nc1)c1ccc(C(F)(F)F)cc1F.[Na+]. The number of alkyl halides is 3. The van der Waals surface area contributed by atoms with Gasteiger partial charge in [0.25, 0.3) is 0 Å². The molecular weight excluding hydrogens is 441 g/mol. The number of benzene rings is 1. The Morgan fingerprint density at radius 2 is 1.80 bits per heavy atom. The van der Waals surface area contributed by atoms with E-state index >= 15 is 0 Å². The fourth-order valence-corrected chi connectivity index (χ4v) is 3.43. The molecule has 1 aromatic carbocycles. The second-order valence-corrected chi connectivity index (χ2v) is 7.62. The van der Waals surface area contributed by atoms with E-state index in [9.17, 15) is 30.8 Å². The van der Waals surface area contributed by atoms with Gasteiger partial charge in [0.15, 0.2) is 0 Å². The zero-order valence-corrected chi connectivity index (χ0v) is 18.5. The molecule has 1 aliphatic rings. The van der Waals surface area contributed by atoms with Crippen LogP contribution in [0.5, 0.6) is 0 Å². The summed E-state index contributed by atoms with van der Waals surface area (Å²) in [5, 5.41) is 0. The number of carbonyl (C=O) groups is 1. The minimum Gasteiger partial charge on any atom is -0.537 e. The molecule has 7 nitrogen and oxygen atoms in total. The zero-order valence-electron chi connectivity index (χ0n) is 15.7. The van der Waals surface area contributed by atoms with Gasteiger partial charge in [0.1, 0.15) is 21.7 Å². The van der Waals surface area contributed by atoms with Crippen LogP contribution in [-0.4, -0.2) is 45.6 Å². The van der Waals surface area contributed by atoms with E-state index in [4.69, 9.17) is 4.74 Å². The predicted molar refractivity (Wildman–Crippen MR) is 93.5 cm³/mol. The van der Waals surface area contributed by atoms with Crippen LogP contribution in [0.15, 0.2) is 41.4 Å². The van der Waals surface area contributed by atoms with E-state index < -0.39 is 43.9 Å². The Hall–Kier alpha value is -1.73. The smallest absolute Gasteiger partial charge is 0.537 e. The first-order valence-corrected chi connectivity index (χ1v) is 9.70. The number of carbonyl (C=O) groups excluding carboxylic acids is 1. The van der Waals surface area contributed by atoms with Gasteiger partial charge in [-0.3, -0.25) is 0 Å². The number of morpholine rings is 1. The van der Waals surface area contributed by atoms with E-state index in [1.807, 2.05) is 4.90 Å². The number of sulfonamides is 1. The van der Waals surface area contributed by atoms with Crippen LogP contribution in [0.4, 0.5) is 23.4 Å². The molecule has 0 spiro atoms. The first-order chi connectivity index (χ1) is 13.6. The second-order valence-electron chi connectivity index (χ2n) is 6.02. The number of nitrogens with zero attached hydrogens (tertiary/aromatic N) is 3. The molecular formula is C17H14F4N3NaO4S. The quantitative estimate of drug-likeness (QED) is 0.476. The molecule has 13 heteroatoms. The minimum atomic E-state index is -4.81. The molecule has 1 saturated heterocycles. The van der Waals surface area contributed by atoms with Gasteiger partial charge in [0.2, 0.25) is 0 Å². The molecule has 30 heavy (non-hydrogen) atoms. The molecule has 0 saturated carbocycles. The largest absolute Gasteiger partial charge is 1.00 e. The molecule has 0 atom stereocenters. The third-order valence-corrected chi connectivity index (χ3v) is 5.33. The van der Waals surface area contributed by atoms with Gasteiger partial charge in [0, 0.05) is 24.8 Å². The molecule has 3 rings (SSSR count). The zero-order chi connectivity index (χ0) is 21.2. The second kappa shape index (κ2) is 9.60.